The molecule has 0 saturated carbocycles. The molecule has 4 nitrogen and oxygen atoms in total. The van der Waals surface area contributed by atoms with E-state index in [0.717, 1.165) is 11.1 Å². The first kappa shape index (κ1) is 12.6. The van der Waals surface area contributed by atoms with Crippen LogP contribution in [0.15, 0.2) is 30.5 Å². The standard InChI is InChI=1S/C14H19N3O/c1-14(2,9-18-3)11-6-4-10(5-7-11)12-8-16-17-13(12)15/h4-8H,9H2,1-3H3,(H3,15,16,17). The van der Waals surface area contributed by atoms with Crippen LogP contribution in [0.25, 0.3) is 11.1 Å². The molecular weight excluding hydrogens is 226 g/mol. The summed E-state index contributed by atoms with van der Waals surface area (Å²) >= 11 is 0. The Balaban J connectivity index is 2.28. The van der Waals surface area contributed by atoms with Crippen molar-refractivity contribution in [3.8, 4) is 11.1 Å². The topological polar surface area (TPSA) is 63.9 Å². The Morgan fingerprint density at radius 3 is 2.44 bits per heavy atom. The number of methoxy groups -OCH3 is 1. The summed E-state index contributed by atoms with van der Waals surface area (Å²) < 4.78 is 5.25. The van der Waals surface area contributed by atoms with Crippen LogP contribution in [-0.2, 0) is 10.2 Å². The maximum Gasteiger partial charge on any atom is 0.126 e. The van der Waals surface area contributed by atoms with Crippen molar-refractivity contribution in [1.82, 2.24) is 10.2 Å². The molecule has 0 bridgehead atoms. The van der Waals surface area contributed by atoms with Crippen LogP contribution in [0.2, 0.25) is 0 Å². The van der Waals surface area contributed by atoms with Crippen molar-refractivity contribution in [1.29, 1.82) is 0 Å². The molecule has 2 rings (SSSR count). The number of nitrogen functional groups attached to an aromatic ring is 1. The molecule has 0 atom stereocenters. The lowest BCUT2D eigenvalue weighted by Crippen LogP contribution is -2.23. The summed E-state index contributed by atoms with van der Waals surface area (Å²) in [6, 6.07) is 8.35. The Hall–Kier alpha value is -1.81. The number of rotatable bonds is 4. The van der Waals surface area contributed by atoms with E-state index in [1.165, 1.54) is 5.56 Å². The van der Waals surface area contributed by atoms with Gasteiger partial charge < -0.3 is 10.5 Å². The molecule has 0 amide bonds. The smallest absolute Gasteiger partial charge is 0.126 e. The highest BCUT2D eigenvalue weighted by molar-refractivity contribution is 5.73. The summed E-state index contributed by atoms with van der Waals surface area (Å²) in [6.07, 6.45) is 1.74. The third-order valence-electron chi connectivity index (χ3n) is 3.15. The van der Waals surface area contributed by atoms with Gasteiger partial charge in [-0.25, -0.2) is 0 Å². The number of anilines is 1. The summed E-state index contributed by atoms with van der Waals surface area (Å²) in [7, 11) is 1.72. The molecular formula is C14H19N3O. The molecule has 0 spiro atoms. The Labute approximate surface area is 107 Å². The minimum Gasteiger partial charge on any atom is -0.384 e. The van der Waals surface area contributed by atoms with Gasteiger partial charge in [0.2, 0.25) is 0 Å². The molecule has 0 aliphatic carbocycles. The SMILES string of the molecule is COCC(C)(C)c1ccc(-c2cn[nH]c2N)cc1. The van der Waals surface area contributed by atoms with E-state index in [1.807, 2.05) is 0 Å². The molecule has 0 unspecified atom stereocenters. The van der Waals surface area contributed by atoms with Gasteiger partial charge in [-0.2, -0.15) is 5.10 Å². The average molecular weight is 245 g/mol. The first-order valence-electron chi connectivity index (χ1n) is 5.93. The van der Waals surface area contributed by atoms with Gasteiger partial charge in [0.1, 0.15) is 5.82 Å². The number of aromatic amines is 1. The second-order valence-corrected chi connectivity index (χ2v) is 5.09. The van der Waals surface area contributed by atoms with E-state index in [1.54, 1.807) is 13.3 Å². The fourth-order valence-corrected chi connectivity index (χ4v) is 2.07. The first-order chi connectivity index (χ1) is 8.54. The first-order valence-corrected chi connectivity index (χ1v) is 5.93. The molecule has 0 saturated heterocycles. The van der Waals surface area contributed by atoms with Gasteiger partial charge in [-0.3, -0.25) is 5.10 Å². The van der Waals surface area contributed by atoms with Crippen molar-refractivity contribution < 1.29 is 4.74 Å². The van der Waals surface area contributed by atoms with Gasteiger partial charge in [-0.1, -0.05) is 38.1 Å². The number of hydrogen-bond acceptors (Lipinski definition) is 3. The zero-order valence-electron chi connectivity index (χ0n) is 11.0. The average Bonchev–Trinajstić information content (AvgIpc) is 2.76. The van der Waals surface area contributed by atoms with Gasteiger partial charge in [0.15, 0.2) is 0 Å². The van der Waals surface area contributed by atoms with Crippen molar-refractivity contribution in [2.24, 2.45) is 0 Å². The van der Waals surface area contributed by atoms with E-state index in [2.05, 4.69) is 48.3 Å². The van der Waals surface area contributed by atoms with Gasteiger partial charge in [0.25, 0.3) is 0 Å². The minimum absolute atomic E-state index is 0.00915. The van der Waals surface area contributed by atoms with E-state index in [-0.39, 0.29) is 5.41 Å². The van der Waals surface area contributed by atoms with E-state index < -0.39 is 0 Å². The summed E-state index contributed by atoms with van der Waals surface area (Å²) in [4.78, 5) is 0. The molecule has 1 heterocycles. The predicted octanol–water partition coefficient (Wildman–Crippen LogP) is 2.58. The molecule has 3 N–H and O–H groups in total. The van der Waals surface area contributed by atoms with E-state index in [0.29, 0.717) is 12.4 Å². The zero-order valence-corrected chi connectivity index (χ0v) is 11.0. The third-order valence-corrected chi connectivity index (χ3v) is 3.15. The van der Waals surface area contributed by atoms with Crippen LogP contribution < -0.4 is 5.73 Å². The lowest BCUT2D eigenvalue weighted by Gasteiger charge is -2.24. The van der Waals surface area contributed by atoms with E-state index in [9.17, 15) is 0 Å². The summed E-state index contributed by atoms with van der Waals surface area (Å²) in [5.74, 6) is 0.596. The van der Waals surface area contributed by atoms with Crippen LogP contribution >= 0.6 is 0 Å². The predicted molar refractivity (Wildman–Crippen MR) is 73.3 cm³/mol. The van der Waals surface area contributed by atoms with Gasteiger partial charge in [0.05, 0.1) is 12.8 Å². The number of nitrogens with one attached hydrogen (secondary N) is 1. The van der Waals surface area contributed by atoms with Crippen molar-refractivity contribution in [3.63, 3.8) is 0 Å². The van der Waals surface area contributed by atoms with Crippen molar-refractivity contribution in [3.05, 3.63) is 36.0 Å². The number of nitrogens with two attached hydrogens (primary N) is 1. The Morgan fingerprint density at radius 1 is 1.28 bits per heavy atom. The highest BCUT2D eigenvalue weighted by Crippen LogP contribution is 2.28. The Morgan fingerprint density at radius 2 is 1.94 bits per heavy atom. The van der Waals surface area contributed by atoms with Gasteiger partial charge >= 0.3 is 0 Å². The van der Waals surface area contributed by atoms with E-state index >= 15 is 0 Å². The Kier molecular flexibility index (Phi) is 3.39. The summed E-state index contributed by atoms with van der Waals surface area (Å²) in [5, 5.41) is 6.67. The lowest BCUT2D eigenvalue weighted by atomic mass is 9.85. The third kappa shape index (κ3) is 2.38. The zero-order chi connectivity index (χ0) is 13.2. The van der Waals surface area contributed by atoms with Crippen molar-refractivity contribution in [2.75, 3.05) is 19.5 Å². The van der Waals surface area contributed by atoms with Crippen LogP contribution in [0.5, 0.6) is 0 Å². The molecule has 18 heavy (non-hydrogen) atoms. The lowest BCUT2D eigenvalue weighted by molar-refractivity contribution is 0.146. The van der Waals surface area contributed by atoms with Crippen LogP contribution in [0, 0.1) is 0 Å². The number of ether oxygens (including phenoxy) is 1. The molecule has 2 aromatic rings. The largest absolute Gasteiger partial charge is 0.384 e. The van der Waals surface area contributed by atoms with Crippen LogP contribution in [-0.4, -0.2) is 23.9 Å². The maximum atomic E-state index is 5.81. The quantitative estimate of drug-likeness (QED) is 0.870. The van der Waals surface area contributed by atoms with Crippen molar-refractivity contribution in [2.45, 2.75) is 19.3 Å². The van der Waals surface area contributed by atoms with Crippen LogP contribution in [0.1, 0.15) is 19.4 Å². The molecule has 0 aliphatic heterocycles. The highest BCUT2D eigenvalue weighted by Gasteiger charge is 2.20. The summed E-state index contributed by atoms with van der Waals surface area (Å²) in [5.41, 5.74) is 9.06. The fourth-order valence-electron chi connectivity index (χ4n) is 2.07. The second kappa shape index (κ2) is 4.82. The van der Waals surface area contributed by atoms with Gasteiger partial charge in [-0.05, 0) is 11.1 Å². The highest BCUT2D eigenvalue weighted by atomic mass is 16.5. The van der Waals surface area contributed by atoms with Crippen LogP contribution in [0.3, 0.4) is 0 Å². The van der Waals surface area contributed by atoms with Crippen LogP contribution in [0.4, 0.5) is 5.82 Å². The second-order valence-electron chi connectivity index (χ2n) is 5.09. The van der Waals surface area contributed by atoms with Gasteiger partial charge in [-0.15, -0.1) is 0 Å². The minimum atomic E-state index is 0.00915. The number of H-pyrrole nitrogens is 1. The number of nitrogens with zero attached hydrogens (tertiary/aromatic N) is 1. The number of benzene rings is 1. The monoisotopic (exact) mass is 245 g/mol. The normalized spacial score (nSPS) is 11.7. The fraction of sp³-hybridized carbons (Fsp3) is 0.357. The number of hydrogen-bond donors (Lipinski definition) is 2. The molecule has 1 aromatic carbocycles. The molecule has 0 radical (unpaired) electrons. The molecule has 4 heteroatoms. The van der Waals surface area contributed by atoms with E-state index in [4.69, 9.17) is 10.5 Å². The Bertz CT molecular complexity index is 514. The van der Waals surface area contributed by atoms with Gasteiger partial charge in [0, 0.05) is 18.1 Å². The molecule has 96 valence electrons. The maximum absolute atomic E-state index is 5.81. The summed E-state index contributed by atoms with van der Waals surface area (Å²) in [6.45, 7) is 5.02. The molecule has 1 aromatic heterocycles. The molecule has 0 aliphatic rings. The van der Waals surface area contributed by atoms with Crippen molar-refractivity contribution >= 4 is 5.82 Å². The number of aromatic nitrogens is 2. The molecule has 0 fully saturated rings.